The SMILES string of the molecule is CC(N)C(=O)NCCc1cnn(C)c1. The molecule has 14 heavy (non-hydrogen) atoms. The number of nitrogens with one attached hydrogen (secondary N) is 1. The van der Waals surface area contributed by atoms with Crippen molar-refractivity contribution < 1.29 is 4.79 Å². The lowest BCUT2D eigenvalue weighted by molar-refractivity contribution is -0.121. The molecule has 0 saturated carbocycles. The standard InChI is InChI=1S/C9H16N4O/c1-7(10)9(14)11-4-3-8-5-12-13(2)6-8/h5-7H,3-4,10H2,1-2H3,(H,11,14). The topological polar surface area (TPSA) is 72.9 Å². The Kier molecular flexibility index (Phi) is 3.64. The van der Waals surface area contributed by atoms with E-state index in [1.54, 1.807) is 17.8 Å². The Hall–Kier alpha value is -1.36. The Morgan fingerprint density at radius 1 is 1.79 bits per heavy atom. The molecule has 1 rings (SSSR count). The van der Waals surface area contributed by atoms with Gasteiger partial charge in [0.05, 0.1) is 12.2 Å². The van der Waals surface area contributed by atoms with E-state index in [9.17, 15) is 4.79 Å². The molecule has 3 N–H and O–H groups in total. The van der Waals surface area contributed by atoms with Crippen molar-refractivity contribution in [3.63, 3.8) is 0 Å². The minimum absolute atomic E-state index is 0.117. The normalized spacial score (nSPS) is 12.5. The highest BCUT2D eigenvalue weighted by Crippen LogP contribution is 1.95. The van der Waals surface area contributed by atoms with E-state index in [4.69, 9.17) is 5.73 Å². The third-order valence-corrected chi connectivity index (χ3v) is 1.88. The maximum absolute atomic E-state index is 11.1. The number of hydrogen-bond donors (Lipinski definition) is 2. The van der Waals surface area contributed by atoms with E-state index >= 15 is 0 Å². The summed E-state index contributed by atoms with van der Waals surface area (Å²) in [4.78, 5) is 11.1. The fourth-order valence-corrected chi connectivity index (χ4v) is 1.09. The average Bonchev–Trinajstić information content (AvgIpc) is 2.51. The number of aromatic nitrogens is 2. The Bertz CT molecular complexity index is 306. The zero-order valence-electron chi connectivity index (χ0n) is 8.53. The number of amides is 1. The van der Waals surface area contributed by atoms with Crippen LogP contribution in [0.3, 0.4) is 0 Å². The van der Waals surface area contributed by atoms with Gasteiger partial charge in [-0.15, -0.1) is 0 Å². The van der Waals surface area contributed by atoms with Crippen molar-refractivity contribution in [1.82, 2.24) is 15.1 Å². The molecule has 5 heteroatoms. The molecule has 0 aliphatic rings. The van der Waals surface area contributed by atoms with Crippen LogP contribution >= 0.6 is 0 Å². The van der Waals surface area contributed by atoms with E-state index in [1.807, 2.05) is 13.2 Å². The highest BCUT2D eigenvalue weighted by molar-refractivity contribution is 5.80. The van der Waals surface area contributed by atoms with Gasteiger partial charge in [-0.25, -0.2) is 0 Å². The zero-order valence-corrected chi connectivity index (χ0v) is 8.53. The molecular weight excluding hydrogens is 180 g/mol. The number of carbonyl (C=O) groups excluding carboxylic acids is 1. The van der Waals surface area contributed by atoms with Crippen molar-refractivity contribution in [1.29, 1.82) is 0 Å². The second-order valence-electron chi connectivity index (χ2n) is 3.35. The van der Waals surface area contributed by atoms with Crippen molar-refractivity contribution in [3.8, 4) is 0 Å². The summed E-state index contributed by atoms with van der Waals surface area (Å²) in [6.45, 7) is 2.27. The molecule has 0 aliphatic heterocycles. The molecule has 0 saturated heterocycles. The van der Waals surface area contributed by atoms with Crippen LogP contribution in [0.5, 0.6) is 0 Å². The average molecular weight is 196 g/mol. The first kappa shape index (κ1) is 10.7. The van der Waals surface area contributed by atoms with Gasteiger partial charge < -0.3 is 11.1 Å². The van der Waals surface area contributed by atoms with Gasteiger partial charge in [0.2, 0.25) is 5.91 Å². The maximum atomic E-state index is 11.1. The van der Waals surface area contributed by atoms with E-state index in [1.165, 1.54) is 0 Å². The molecule has 0 fully saturated rings. The van der Waals surface area contributed by atoms with Crippen molar-refractivity contribution in [2.45, 2.75) is 19.4 Å². The van der Waals surface area contributed by atoms with Gasteiger partial charge in [0.1, 0.15) is 0 Å². The molecule has 0 radical (unpaired) electrons. The van der Waals surface area contributed by atoms with Gasteiger partial charge in [0.15, 0.2) is 0 Å². The van der Waals surface area contributed by atoms with Crippen LogP contribution in [0.2, 0.25) is 0 Å². The van der Waals surface area contributed by atoms with Crippen LogP contribution in [0.25, 0.3) is 0 Å². The van der Waals surface area contributed by atoms with Gasteiger partial charge >= 0.3 is 0 Å². The summed E-state index contributed by atoms with van der Waals surface area (Å²) in [5.74, 6) is -0.117. The summed E-state index contributed by atoms with van der Waals surface area (Å²) in [6.07, 6.45) is 4.50. The molecule has 1 amide bonds. The molecule has 1 aromatic rings. The summed E-state index contributed by atoms with van der Waals surface area (Å²) < 4.78 is 1.74. The Labute approximate surface area is 83.3 Å². The molecule has 1 heterocycles. The quantitative estimate of drug-likeness (QED) is 0.677. The monoisotopic (exact) mass is 196 g/mol. The first-order valence-corrected chi connectivity index (χ1v) is 4.60. The van der Waals surface area contributed by atoms with Crippen LogP contribution in [-0.2, 0) is 18.3 Å². The number of aryl methyl sites for hydroxylation is 1. The number of nitrogens with two attached hydrogens (primary N) is 1. The van der Waals surface area contributed by atoms with Crippen LogP contribution in [-0.4, -0.2) is 28.3 Å². The smallest absolute Gasteiger partial charge is 0.236 e. The fourth-order valence-electron chi connectivity index (χ4n) is 1.09. The molecule has 1 atom stereocenters. The summed E-state index contributed by atoms with van der Waals surface area (Å²) in [6, 6.07) is -0.441. The first-order chi connectivity index (χ1) is 6.59. The van der Waals surface area contributed by atoms with Gasteiger partial charge in [-0.1, -0.05) is 0 Å². The molecule has 5 nitrogen and oxygen atoms in total. The summed E-state index contributed by atoms with van der Waals surface area (Å²) in [5.41, 5.74) is 6.50. The van der Waals surface area contributed by atoms with E-state index in [-0.39, 0.29) is 5.91 Å². The van der Waals surface area contributed by atoms with Crippen molar-refractivity contribution >= 4 is 5.91 Å². The van der Waals surface area contributed by atoms with E-state index < -0.39 is 6.04 Å². The Balaban J connectivity index is 2.25. The van der Waals surface area contributed by atoms with Gasteiger partial charge in [0.25, 0.3) is 0 Å². The fraction of sp³-hybridized carbons (Fsp3) is 0.556. The Morgan fingerprint density at radius 2 is 2.50 bits per heavy atom. The Morgan fingerprint density at radius 3 is 3.00 bits per heavy atom. The summed E-state index contributed by atoms with van der Waals surface area (Å²) >= 11 is 0. The van der Waals surface area contributed by atoms with E-state index in [2.05, 4.69) is 10.4 Å². The minimum atomic E-state index is -0.441. The van der Waals surface area contributed by atoms with Crippen LogP contribution in [0, 0.1) is 0 Å². The molecule has 78 valence electrons. The van der Waals surface area contributed by atoms with Crippen molar-refractivity contribution in [2.75, 3.05) is 6.54 Å². The molecule has 0 bridgehead atoms. The van der Waals surface area contributed by atoms with Crippen LogP contribution in [0.4, 0.5) is 0 Å². The third-order valence-electron chi connectivity index (χ3n) is 1.88. The molecule has 0 aliphatic carbocycles. The third kappa shape index (κ3) is 3.18. The number of rotatable bonds is 4. The maximum Gasteiger partial charge on any atom is 0.236 e. The van der Waals surface area contributed by atoms with Crippen molar-refractivity contribution in [3.05, 3.63) is 18.0 Å². The predicted octanol–water partition coefficient (Wildman–Crippen LogP) is -0.574. The zero-order chi connectivity index (χ0) is 10.6. The van der Waals surface area contributed by atoms with Crippen LogP contribution in [0.15, 0.2) is 12.4 Å². The first-order valence-electron chi connectivity index (χ1n) is 4.60. The highest BCUT2D eigenvalue weighted by Gasteiger charge is 2.05. The molecular formula is C9H16N4O. The van der Waals surface area contributed by atoms with E-state index in [0.717, 1.165) is 12.0 Å². The predicted molar refractivity (Wildman–Crippen MR) is 53.6 cm³/mol. The molecule has 0 spiro atoms. The lowest BCUT2D eigenvalue weighted by Crippen LogP contribution is -2.39. The second-order valence-corrected chi connectivity index (χ2v) is 3.35. The van der Waals surface area contributed by atoms with Gasteiger partial charge in [-0.2, -0.15) is 5.10 Å². The molecule has 1 aromatic heterocycles. The lowest BCUT2D eigenvalue weighted by atomic mass is 10.2. The number of carbonyl (C=O) groups is 1. The van der Waals surface area contributed by atoms with Gasteiger partial charge in [-0.05, 0) is 18.9 Å². The van der Waals surface area contributed by atoms with Gasteiger partial charge in [0, 0.05) is 19.8 Å². The molecule has 0 aromatic carbocycles. The van der Waals surface area contributed by atoms with Crippen molar-refractivity contribution in [2.24, 2.45) is 12.8 Å². The lowest BCUT2D eigenvalue weighted by Gasteiger charge is -2.06. The number of nitrogens with zero attached hydrogens (tertiary/aromatic N) is 2. The largest absolute Gasteiger partial charge is 0.354 e. The second kappa shape index (κ2) is 4.76. The summed E-state index contributed by atoms with van der Waals surface area (Å²) in [7, 11) is 1.87. The van der Waals surface area contributed by atoms with Crippen LogP contribution < -0.4 is 11.1 Å². The summed E-state index contributed by atoms with van der Waals surface area (Å²) in [5, 5.41) is 6.77. The van der Waals surface area contributed by atoms with Crippen LogP contribution in [0.1, 0.15) is 12.5 Å². The minimum Gasteiger partial charge on any atom is -0.354 e. The highest BCUT2D eigenvalue weighted by atomic mass is 16.2. The number of hydrogen-bond acceptors (Lipinski definition) is 3. The van der Waals surface area contributed by atoms with E-state index in [0.29, 0.717) is 6.54 Å². The van der Waals surface area contributed by atoms with Gasteiger partial charge in [-0.3, -0.25) is 9.48 Å². The molecule has 1 unspecified atom stereocenters.